The van der Waals surface area contributed by atoms with E-state index in [1.165, 1.54) is 0 Å². The summed E-state index contributed by atoms with van der Waals surface area (Å²) < 4.78 is 0. The minimum Gasteiger partial charge on any atom is -0.862 e. The molecule has 0 aliphatic carbocycles. The third-order valence-corrected chi connectivity index (χ3v) is 1.24. The topological polar surface area (TPSA) is 89.9 Å². The number of nitrogens with one attached hydrogen (secondary N) is 1. The van der Waals surface area contributed by atoms with Crippen molar-refractivity contribution in [2.45, 2.75) is 27.2 Å². The fourth-order valence-electron chi connectivity index (χ4n) is 0.809. The molecule has 0 fully saturated rings. The zero-order valence-electron chi connectivity index (χ0n) is 7.90. The van der Waals surface area contributed by atoms with Gasteiger partial charge in [-0.05, 0) is 22.9 Å². The highest BCUT2D eigenvalue weighted by molar-refractivity contribution is 5.74. The highest BCUT2D eigenvalue weighted by atomic mass is 16.3. The second kappa shape index (κ2) is 3.51. The summed E-state index contributed by atoms with van der Waals surface area (Å²) in [4.78, 5) is 3.65. The Bertz CT molecular complexity index is 284. The smallest absolute Gasteiger partial charge is 0.287 e. The molecule has 6 nitrogen and oxygen atoms in total. The molecule has 0 aliphatic heterocycles. The van der Waals surface area contributed by atoms with E-state index in [1.807, 2.05) is 20.8 Å². The highest BCUT2D eigenvalue weighted by Gasteiger charge is 2.09. The van der Waals surface area contributed by atoms with E-state index in [0.29, 0.717) is 6.42 Å². The first-order valence-electron chi connectivity index (χ1n) is 3.95. The molecule has 1 N–H and O–H groups in total. The van der Waals surface area contributed by atoms with Crippen LogP contribution in [0.25, 0.3) is 0 Å². The third kappa shape index (κ3) is 3.64. The van der Waals surface area contributed by atoms with Crippen LogP contribution in [0.2, 0.25) is 0 Å². The SMILES string of the molecule is CC(C)(C)CC([O-])=Nc1nn[nH]n1. The molecule has 0 saturated heterocycles. The van der Waals surface area contributed by atoms with Crippen molar-refractivity contribution < 1.29 is 5.11 Å². The molecule has 0 saturated carbocycles. The lowest BCUT2D eigenvalue weighted by atomic mass is 9.92. The molecule has 6 heteroatoms. The Morgan fingerprint density at radius 3 is 2.69 bits per heavy atom. The third-order valence-electron chi connectivity index (χ3n) is 1.24. The van der Waals surface area contributed by atoms with Crippen LogP contribution in [0.4, 0.5) is 5.95 Å². The molecule has 0 amide bonds. The molecule has 13 heavy (non-hydrogen) atoms. The van der Waals surface area contributed by atoms with E-state index in [1.54, 1.807) is 0 Å². The Morgan fingerprint density at radius 1 is 1.54 bits per heavy atom. The van der Waals surface area contributed by atoms with Crippen molar-refractivity contribution in [3.8, 4) is 0 Å². The van der Waals surface area contributed by atoms with Crippen LogP contribution in [0, 0.1) is 5.41 Å². The highest BCUT2D eigenvalue weighted by Crippen LogP contribution is 2.18. The van der Waals surface area contributed by atoms with Crippen molar-refractivity contribution in [2.24, 2.45) is 10.4 Å². The second-order valence-corrected chi connectivity index (χ2v) is 3.95. The van der Waals surface area contributed by atoms with E-state index in [0.717, 1.165) is 0 Å². The second-order valence-electron chi connectivity index (χ2n) is 3.95. The number of aliphatic imine (C=N–C) groups is 1. The number of hydrogen-bond acceptors (Lipinski definition) is 5. The lowest BCUT2D eigenvalue weighted by molar-refractivity contribution is -0.220. The number of hydrogen-bond donors (Lipinski definition) is 1. The molecule has 0 aromatic carbocycles. The van der Waals surface area contributed by atoms with E-state index >= 15 is 0 Å². The zero-order valence-corrected chi connectivity index (χ0v) is 7.90. The molecule has 0 unspecified atom stereocenters. The summed E-state index contributed by atoms with van der Waals surface area (Å²) in [5, 5.41) is 23.9. The van der Waals surface area contributed by atoms with Gasteiger partial charge < -0.3 is 5.11 Å². The van der Waals surface area contributed by atoms with E-state index < -0.39 is 0 Å². The minimum absolute atomic E-state index is 0.0652. The Morgan fingerprint density at radius 2 is 2.23 bits per heavy atom. The Hall–Kier alpha value is -1.46. The molecule has 1 aromatic rings. The molecule has 1 heterocycles. The largest absolute Gasteiger partial charge is 0.862 e. The summed E-state index contributed by atoms with van der Waals surface area (Å²) in [5.74, 6) is -0.136. The van der Waals surface area contributed by atoms with Gasteiger partial charge in [-0.2, -0.15) is 5.21 Å². The van der Waals surface area contributed by atoms with Gasteiger partial charge in [-0.1, -0.05) is 25.9 Å². The van der Waals surface area contributed by atoms with Crippen molar-refractivity contribution in [3.05, 3.63) is 0 Å². The molecule has 0 bridgehead atoms. The molecule has 72 valence electrons. The Balaban J connectivity index is 2.63. The average molecular weight is 182 g/mol. The van der Waals surface area contributed by atoms with Gasteiger partial charge in [0.05, 0.1) is 0 Å². The number of nitrogens with zero attached hydrogens (tertiary/aromatic N) is 4. The van der Waals surface area contributed by atoms with Gasteiger partial charge in [0, 0.05) is 0 Å². The van der Waals surface area contributed by atoms with Crippen molar-refractivity contribution in [2.75, 3.05) is 0 Å². The summed E-state index contributed by atoms with van der Waals surface area (Å²) >= 11 is 0. The summed E-state index contributed by atoms with van der Waals surface area (Å²) in [6, 6.07) is 0. The lowest BCUT2D eigenvalue weighted by Gasteiger charge is -2.21. The van der Waals surface area contributed by atoms with Crippen LogP contribution in [0.15, 0.2) is 4.99 Å². The van der Waals surface area contributed by atoms with E-state index in [9.17, 15) is 5.11 Å². The zero-order chi connectivity index (χ0) is 9.90. The molecule has 0 aliphatic rings. The molecular formula is C7H12N5O-. The summed E-state index contributed by atoms with van der Waals surface area (Å²) in [6.45, 7) is 5.91. The van der Waals surface area contributed by atoms with Crippen molar-refractivity contribution in [3.63, 3.8) is 0 Å². The van der Waals surface area contributed by atoms with Gasteiger partial charge in [0.15, 0.2) is 0 Å². The monoisotopic (exact) mass is 182 g/mol. The predicted octanol–water partition coefficient (Wildman–Crippen LogP) is 0.0262. The summed E-state index contributed by atoms with van der Waals surface area (Å²) in [5.41, 5.74) is -0.0652. The number of tetrazole rings is 1. The van der Waals surface area contributed by atoms with Crippen LogP contribution in [0.1, 0.15) is 27.2 Å². The summed E-state index contributed by atoms with van der Waals surface area (Å²) in [6.07, 6.45) is 0.377. The summed E-state index contributed by atoms with van der Waals surface area (Å²) in [7, 11) is 0. The molecule has 1 aromatic heterocycles. The number of aromatic amines is 1. The van der Waals surface area contributed by atoms with Gasteiger partial charge in [0.1, 0.15) is 0 Å². The van der Waals surface area contributed by atoms with Crippen LogP contribution in [-0.4, -0.2) is 26.5 Å². The number of rotatable bonds is 2. The fraction of sp³-hybridized carbons (Fsp3) is 0.714. The average Bonchev–Trinajstić information content (AvgIpc) is 2.34. The van der Waals surface area contributed by atoms with Crippen molar-refractivity contribution in [1.82, 2.24) is 20.6 Å². The first-order valence-corrected chi connectivity index (χ1v) is 3.95. The van der Waals surface area contributed by atoms with Crippen LogP contribution < -0.4 is 5.11 Å². The van der Waals surface area contributed by atoms with Crippen LogP contribution in [0.3, 0.4) is 0 Å². The number of H-pyrrole nitrogens is 1. The van der Waals surface area contributed by atoms with Gasteiger partial charge in [-0.15, -0.1) is 5.10 Å². The number of aromatic nitrogens is 4. The van der Waals surface area contributed by atoms with Gasteiger partial charge in [-0.3, -0.25) is 0 Å². The maximum absolute atomic E-state index is 11.2. The predicted molar refractivity (Wildman–Crippen MR) is 45.3 cm³/mol. The van der Waals surface area contributed by atoms with Crippen LogP contribution in [-0.2, 0) is 0 Å². The fourth-order valence-corrected chi connectivity index (χ4v) is 0.809. The van der Waals surface area contributed by atoms with E-state index in [4.69, 9.17) is 0 Å². The van der Waals surface area contributed by atoms with Crippen LogP contribution >= 0.6 is 0 Å². The van der Waals surface area contributed by atoms with Gasteiger partial charge in [0.25, 0.3) is 5.95 Å². The molecule has 0 atom stereocenters. The molecular weight excluding hydrogens is 170 g/mol. The van der Waals surface area contributed by atoms with Crippen LogP contribution in [0.5, 0.6) is 0 Å². The standard InChI is InChI=1S/C7H13N5O/c1-7(2,3)4-5(13)8-6-9-11-12-10-6/h4H2,1-3H3,(H2,8,9,10,11,12,13)/p-1. The normalized spacial score (nSPS) is 13.3. The van der Waals surface area contributed by atoms with E-state index in [-0.39, 0.29) is 17.3 Å². The quantitative estimate of drug-likeness (QED) is 0.516. The van der Waals surface area contributed by atoms with Gasteiger partial charge in [-0.25, -0.2) is 4.99 Å². The van der Waals surface area contributed by atoms with E-state index in [2.05, 4.69) is 25.6 Å². The lowest BCUT2D eigenvalue weighted by Crippen LogP contribution is -2.23. The van der Waals surface area contributed by atoms with Crippen molar-refractivity contribution >= 4 is 11.8 Å². The molecule has 0 radical (unpaired) electrons. The maximum atomic E-state index is 11.2. The first kappa shape index (κ1) is 9.63. The maximum Gasteiger partial charge on any atom is 0.287 e. The molecule has 1 rings (SSSR count). The van der Waals surface area contributed by atoms with Crippen molar-refractivity contribution in [1.29, 1.82) is 0 Å². The first-order chi connectivity index (χ1) is 5.97. The van der Waals surface area contributed by atoms with Gasteiger partial charge in [0.2, 0.25) is 0 Å². The van der Waals surface area contributed by atoms with Gasteiger partial charge >= 0.3 is 0 Å². The molecule has 0 spiro atoms. The Labute approximate surface area is 76.1 Å². The minimum atomic E-state index is -0.228. The Kier molecular flexibility index (Phi) is 2.60.